The molecule has 138 valence electrons. The van der Waals surface area contributed by atoms with Crippen molar-refractivity contribution in [3.63, 3.8) is 0 Å². The molecule has 1 fully saturated rings. The van der Waals surface area contributed by atoms with Crippen LogP contribution in [0.15, 0.2) is 36.5 Å². The molecular weight excluding hydrogens is 350 g/mol. The molecule has 1 N–H and O–H groups in total. The number of nitrogens with zero attached hydrogens (tertiary/aromatic N) is 2. The first-order chi connectivity index (χ1) is 12.2. The van der Waals surface area contributed by atoms with Crippen molar-refractivity contribution < 1.29 is 13.2 Å². The summed E-state index contributed by atoms with van der Waals surface area (Å²) in [7, 11) is -1.11. The van der Waals surface area contributed by atoms with E-state index in [4.69, 9.17) is 0 Å². The molecule has 2 heterocycles. The zero-order chi connectivity index (χ0) is 18.9. The number of aryl methyl sites for hydroxylation is 2. The van der Waals surface area contributed by atoms with Crippen molar-refractivity contribution in [1.82, 2.24) is 4.98 Å². The number of carbonyl (C=O) groups excluding carboxylic acids is 1. The van der Waals surface area contributed by atoms with E-state index in [9.17, 15) is 13.2 Å². The van der Waals surface area contributed by atoms with Crippen LogP contribution in [-0.4, -0.2) is 43.9 Å². The van der Waals surface area contributed by atoms with Crippen LogP contribution < -0.4 is 10.2 Å². The van der Waals surface area contributed by atoms with Crippen molar-refractivity contribution in [2.24, 2.45) is 0 Å². The number of amides is 1. The number of aromatic nitrogens is 1. The Kier molecular flexibility index (Phi) is 5.00. The van der Waals surface area contributed by atoms with Crippen molar-refractivity contribution in [3.8, 4) is 0 Å². The molecule has 6 nitrogen and oxygen atoms in total. The van der Waals surface area contributed by atoms with Gasteiger partial charge in [0.05, 0.1) is 11.5 Å². The van der Waals surface area contributed by atoms with Gasteiger partial charge in [-0.1, -0.05) is 17.7 Å². The summed E-state index contributed by atoms with van der Waals surface area (Å²) >= 11 is 0. The first-order valence-electron chi connectivity index (χ1n) is 8.53. The SMILES string of the molecule is Cc1ccc(NC(=O)c2cc(N(C)C3CCS(=O)(=O)C3)ccn2)c(C)c1. The van der Waals surface area contributed by atoms with E-state index in [0.29, 0.717) is 12.1 Å². The first-order valence-corrected chi connectivity index (χ1v) is 10.4. The molecule has 0 bridgehead atoms. The zero-order valence-corrected chi connectivity index (χ0v) is 16.0. The molecule has 1 aliphatic heterocycles. The zero-order valence-electron chi connectivity index (χ0n) is 15.2. The second-order valence-electron chi connectivity index (χ2n) is 6.84. The van der Waals surface area contributed by atoms with E-state index in [-0.39, 0.29) is 23.5 Å². The van der Waals surface area contributed by atoms with E-state index < -0.39 is 9.84 Å². The Morgan fingerprint density at radius 1 is 1.23 bits per heavy atom. The highest BCUT2D eigenvalue weighted by Crippen LogP contribution is 2.23. The molecular formula is C19H23N3O3S. The lowest BCUT2D eigenvalue weighted by atomic mass is 10.1. The number of pyridine rings is 1. The van der Waals surface area contributed by atoms with E-state index in [1.165, 1.54) is 0 Å². The Labute approximate surface area is 154 Å². The summed E-state index contributed by atoms with van der Waals surface area (Å²) in [6.07, 6.45) is 2.18. The molecule has 0 spiro atoms. The minimum absolute atomic E-state index is 0.0716. The molecule has 3 rings (SSSR count). The number of hydrogen-bond donors (Lipinski definition) is 1. The molecule has 1 aromatic carbocycles. The standard InChI is InChI=1S/C19H23N3O3S/c1-13-4-5-17(14(2)10-13)21-19(23)18-11-15(6-8-20-18)22(3)16-7-9-26(24,25)12-16/h4-6,8,10-11,16H,7,9,12H2,1-3H3,(H,21,23). The third-order valence-corrected chi connectivity index (χ3v) is 6.52. The predicted octanol–water partition coefficient (Wildman–Crippen LogP) is 2.57. The summed E-state index contributed by atoms with van der Waals surface area (Å²) in [6.45, 7) is 3.95. The maximum Gasteiger partial charge on any atom is 0.274 e. The summed E-state index contributed by atoms with van der Waals surface area (Å²) in [6, 6.07) is 9.25. The minimum Gasteiger partial charge on any atom is -0.370 e. The maximum absolute atomic E-state index is 12.6. The molecule has 7 heteroatoms. The van der Waals surface area contributed by atoms with Gasteiger partial charge in [-0.15, -0.1) is 0 Å². The van der Waals surface area contributed by atoms with Crippen molar-refractivity contribution in [1.29, 1.82) is 0 Å². The molecule has 0 saturated carbocycles. The normalized spacial score (nSPS) is 18.5. The number of anilines is 2. The van der Waals surface area contributed by atoms with Crippen molar-refractivity contribution in [2.75, 3.05) is 28.8 Å². The lowest BCUT2D eigenvalue weighted by Crippen LogP contribution is -2.32. The van der Waals surface area contributed by atoms with Gasteiger partial charge in [0.2, 0.25) is 0 Å². The van der Waals surface area contributed by atoms with E-state index in [1.54, 1.807) is 18.3 Å². The number of sulfone groups is 1. The number of nitrogens with one attached hydrogen (secondary N) is 1. The van der Waals surface area contributed by atoms with E-state index >= 15 is 0 Å². The minimum atomic E-state index is -2.96. The summed E-state index contributed by atoms with van der Waals surface area (Å²) in [5, 5.41) is 2.89. The predicted molar refractivity (Wildman–Crippen MR) is 104 cm³/mol. The lowest BCUT2D eigenvalue weighted by Gasteiger charge is -2.25. The fourth-order valence-corrected chi connectivity index (χ4v) is 4.97. The van der Waals surface area contributed by atoms with Gasteiger partial charge in [-0.25, -0.2) is 8.42 Å². The average molecular weight is 373 g/mol. The van der Waals surface area contributed by atoms with Crippen LogP contribution in [0.4, 0.5) is 11.4 Å². The van der Waals surface area contributed by atoms with Crippen LogP contribution in [0.2, 0.25) is 0 Å². The van der Waals surface area contributed by atoms with Crippen LogP contribution in [0.25, 0.3) is 0 Å². The van der Waals surface area contributed by atoms with Gasteiger partial charge in [-0.3, -0.25) is 9.78 Å². The topological polar surface area (TPSA) is 79.4 Å². The highest BCUT2D eigenvalue weighted by molar-refractivity contribution is 7.91. The highest BCUT2D eigenvalue weighted by Gasteiger charge is 2.31. The van der Waals surface area contributed by atoms with Crippen LogP contribution in [0.3, 0.4) is 0 Å². The van der Waals surface area contributed by atoms with Crippen LogP contribution in [0, 0.1) is 13.8 Å². The fourth-order valence-electron chi connectivity index (χ4n) is 3.19. The molecule has 1 amide bonds. The van der Waals surface area contributed by atoms with Crippen molar-refractivity contribution in [2.45, 2.75) is 26.3 Å². The quantitative estimate of drug-likeness (QED) is 0.891. The summed E-state index contributed by atoms with van der Waals surface area (Å²) in [5.74, 6) is 0.0783. The smallest absolute Gasteiger partial charge is 0.274 e. The van der Waals surface area contributed by atoms with Gasteiger partial charge in [0.15, 0.2) is 9.84 Å². The molecule has 2 aromatic rings. The van der Waals surface area contributed by atoms with Crippen LogP contribution in [0.1, 0.15) is 28.0 Å². The van der Waals surface area contributed by atoms with E-state index in [0.717, 1.165) is 22.5 Å². The van der Waals surface area contributed by atoms with E-state index in [1.807, 2.05) is 44.0 Å². The fraction of sp³-hybridized carbons (Fsp3) is 0.368. The molecule has 26 heavy (non-hydrogen) atoms. The second-order valence-corrected chi connectivity index (χ2v) is 9.07. The van der Waals surface area contributed by atoms with Crippen molar-refractivity contribution in [3.05, 3.63) is 53.3 Å². The number of benzene rings is 1. The van der Waals surface area contributed by atoms with Gasteiger partial charge in [0, 0.05) is 30.7 Å². The maximum atomic E-state index is 12.6. The van der Waals surface area contributed by atoms with Crippen molar-refractivity contribution >= 4 is 27.1 Å². The van der Waals surface area contributed by atoms with Gasteiger partial charge < -0.3 is 10.2 Å². The van der Waals surface area contributed by atoms with Gasteiger partial charge >= 0.3 is 0 Å². The molecule has 1 aromatic heterocycles. The Morgan fingerprint density at radius 2 is 2.00 bits per heavy atom. The number of hydrogen-bond acceptors (Lipinski definition) is 5. The molecule has 0 aliphatic carbocycles. The van der Waals surface area contributed by atoms with Gasteiger partial charge in [0.1, 0.15) is 5.69 Å². The summed E-state index contributed by atoms with van der Waals surface area (Å²) < 4.78 is 23.4. The Hall–Kier alpha value is -2.41. The third kappa shape index (κ3) is 4.04. The third-order valence-electron chi connectivity index (χ3n) is 4.77. The van der Waals surface area contributed by atoms with Gasteiger partial charge in [0.25, 0.3) is 5.91 Å². The Bertz CT molecular complexity index is 941. The monoisotopic (exact) mass is 373 g/mol. The molecule has 1 atom stereocenters. The molecule has 1 aliphatic rings. The van der Waals surface area contributed by atoms with E-state index in [2.05, 4.69) is 10.3 Å². The second kappa shape index (κ2) is 7.07. The number of carbonyl (C=O) groups is 1. The van der Waals surface area contributed by atoms with Crippen LogP contribution in [0.5, 0.6) is 0 Å². The highest BCUT2D eigenvalue weighted by atomic mass is 32.2. The van der Waals surface area contributed by atoms with Crippen LogP contribution in [-0.2, 0) is 9.84 Å². The first kappa shape index (κ1) is 18.4. The molecule has 1 saturated heterocycles. The van der Waals surface area contributed by atoms with Gasteiger partial charge in [-0.05, 0) is 44.0 Å². The van der Waals surface area contributed by atoms with Gasteiger partial charge in [-0.2, -0.15) is 0 Å². The Morgan fingerprint density at radius 3 is 2.65 bits per heavy atom. The molecule has 1 unspecified atom stereocenters. The Balaban J connectivity index is 1.77. The number of rotatable bonds is 4. The lowest BCUT2D eigenvalue weighted by molar-refractivity contribution is 0.102. The largest absolute Gasteiger partial charge is 0.370 e. The van der Waals surface area contributed by atoms with Crippen LogP contribution >= 0.6 is 0 Å². The summed E-state index contributed by atoms with van der Waals surface area (Å²) in [4.78, 5) is 18.6. The average Bonchev–Trinajstić information content (AvgIpc) is 2.96. The summed E-state index contributed by atoms with van der Waals surface area (Å²) in [5.41, 5.74) is 3.96. The molecule has 0 radical (unpaired) electrons.